The third-order valence-corrected chi connectivity index (χ3v) is 6.67. The van der Waals surface area contributed by atoms with Gasteiger partial charge in [-0.15, -0.1) is 0 Å². The van der Waals surface area contributed by atoms with Crippen molar-refractivity contribution in [2.24, 2.45) is 27.5 Å². The van der Waals surface area contributed by atoms with Gasteiger partial charge in [0.15, 0.2) is 5.96 Å². The Morgan fingerprint density at radius 1 is 1.00 bits per heavy atom. The number of guanidine groups is 1. The van der Waals surface area contributed by atoms with Crippen LogP contribution in [0.4, 0.5) is 0 Å². The van der Waals surface area contributed by atoms with Crippen molar-refractivity contribution in [2.45, 2.75) is 89.6 Å². The molecule has 0 amide bonds. The van der Waals surface area contributed by atoms with E-state index in [2.05, 4.69) is 19.2 Å². The van der Waals surface area contributed by atoms with E-state index in [-0.39, 0.29) is 5.54 Å². The van der Waals surface area contributed by atoms with Crippen LogP contribution in [0.5, 0.6) is 0 Å². The van der Waals surface area contributed by atoms with Crippen molar-refractivity contribution in [3.8, 4) is 0 Å². The summed E-state index contributed by atoms with van der Waals surface area (Å²) in [6.45, 7) is 5.02. The Bertz CT molecular complexity index is 445. The molecule has 0 aliphatic heterocycles. The van der Waals surface area contributed by atoms with Gasteiger partial charge in [-0.25, -0.2) is 0 Å². The number of nitrogens with two attached hydrogens (primary N) is 1. The van der Waals surface area contributed by atoms with Gasteiger partial charge < -0.3 is 11.1 Å². The average Bonchev–Trinajstić information content (AvgIpc) is 2.74. The Balaban J connectivity index is 1.54. The molecule has 2 atom stereocenters. The highest BCUT2D eigenvalue weighted by atomic mass is 15.2. The van der Waals surface area contributed by atoms with Crippen LogP contribution in [0.15, 0.2) is 4.99 Å². The lowest BCUT2D eigenvalue weighted by Crippen LogP contribution is -2.66. The summed E-state index contributed by atoms with van der Waals surface area (Å²) in [7, 11) is 0. The van der Waals surface area contributed by atoms with Crippen molar-refractivity contribution in [3.63, 3.8) is 0 Å². The third-order valence-electron chi connectivity index (χ3n) is 6.67. The van der Waals surface area contributed by atoms with Crippen molar-refractivity contribution < 1.29 is 0 Å². The minimum atomic E-state index is 0.245. The third kappa shape index (κ3) is 2.47. The zero-order valence-corrected chi connectivity index (χ0v) is 13.8. The summed E-state index contributed by atoms with van der Waals surface area (Å²) < 4.78 is 0. The molecule has 5 saturated carbocycles. The van der Waals surface area contributed by atoms with Gasteiger partial charge in [-0.05, 0) is 68.1 Å². The Morgan fingerprint density at radius 3 is 2.19 bits per heavy atom. The summed E-state index contributed by atoms with van der Waals surface area (Å²) in [5.41, 5.74) is 7.62. The molecule has 5 aliphatic carbocycles. The van der Waals surface area contributed by atoms with Crippen molar-refractivity contribution in [3.05, 3.63) is 0 Å². The van der Waals surface area contributed by atoms with E-state index in [9.17, 15) is 0 Å². The molecule has 5 aliphatic rings. The van der Waals surface area contributed by atoms with Crippen LogP contribution in [-0.4, -0.2) is 17.5 Å². The molecule has 0 aromatic heterocycles. The standard InChI is InChI=1S/C18H31N3/c1-16-7-13-8-17(2,10-16)12-18(9-13,11-16)21-15(19)20-14-5-3-4-6-14/h13-14H,3-12H2,1-2H3,(H3,19,20,21). The van der Waals surface area contributed by atoms with Crippen molar-refractivity contribution >= 4 is 5.96 Å². The SMILES string of the molecule is CC12CC3CC(C)(C1)CC(NC(N)=NC1CCCC1)(C3)C2. The van der Waals surface area contributed by atoms with Crippen LogP contribution in [-0.2, 0) is 0 Å². The maximum absolute atomic E-state index is 6.30. The lowest BCUT2D eigenvalue weighted by molar-refractivity contribution is -0.112. The molecule has 0 radical (unpaired) electrons. The summed E-state index contributed by atoms with van der Waals surface area (Å²) in [6, 6.07) is 0.484. The van der Waals surface area contributed by atoms with Gasteiger partial charge in [0.2, 0.25) is 0 Å². The molecule has 3 nitrogen and oxygen atoms in total. The van der Waals surface area contributed by atoms with E-state index in [1.54, 1.807) is 0 Å². The van der Waals surface area contributed by atoms with Gasteiger partial charge in [0.05, 0.1) is 6.04 Å². The molecule has 118 valence electrons. The second-order valence-electron chi connectivity index (χ2n) is 9.49. The molecule has 0 aromatic rings. The zero-order chi connectivity index (χ0) is 14.7. The highest BCUT2D eigenvalue weighted by Gasteiger charge is 2.60. The molecule has 3 N–H and O–H groups in total. The summed E-state index contributed by atoms with van der Waals surface area (Å²) in [5, 5.41) is 3.73. The Hall–Kier alpha value is -0.730. The number of nitrogens with zero attached hydrogens (tertiary/aromatic N) is 1. The molecule has 4 bridgehead atoms. The molecule has 0 saturated heterocycles. The van der Waals surface area contributed by atoms with E-state index < -0.39 is 0 Å². The van der Waals surface area contributed by atoms with Gasteiger partial charge in [-0.2, -0.15) is 0 Å². The van der Waals surface area contributed by atoms with Gasteiger partial charge in [-0.3, -0.25) is 4.99 Å². The van der Waals surface area contributed by atoms with Crippen LogP contribution in [0.25, 0.3) is 0 Å². The van der Waals surface area contributed by atoms with E-state index >= 15 is 0 Å². The summed E-state index contributed by atoms with van der Waals surface area (Å²) >= 11 is 0. The van der Waals surface area contributed by atoms with Crippen LogP contribution in [0.2, 0.25) is 0 Å². The monoisotopic (exact) mass is 289 g/mol. The van der Waals surface area contributed by atoms with E-state index in [0.717, 1.165) is 11.9 Å². The molecule has 0 spiro atoms. The maximum atomic E-state index is 6.30. The van der Waals surface area contributed by atoms with Crippen LogP contribution in [0, 0.1) is 16.7 Å². The minimum absolute atomic E-state index is 0.245. The summed E-state index contributed by atoms with van der Waals surface area (Å²) in [4.78, 5) is 4.78. The van der Waals surface area contributed by atoms with Crippen LogP contribution >= 0.6 is 0 Å². The molecule has 0 heterocycles. The van der Waals surface area contributed by atoms with Crippen molar-refractivity contribution in [1.82, 2.24) is 5.32 Å². The largest absolute Gasteiger partial charge is 0.370 e. The lowest BCUT2D eigenvalue weighted by Gasteiger charge is -2.65. The van der Waals surface area contributed by atoms with Gasteiger partial charge in [0, 0.05) is 5.54 Å². The zero-order valence-electron chi connectivity index (χ0n) is 13.8. The Morgan fingerprint density at radius 2 is 1.62 bits per heavy atom. The first-order valence-electron chi connectivity index (χ1n) is 8.99. The second kappa shape index (κ2) is 4.39. The summed E-state index contributed by atoms with van der Waals surface area (Å²) in [5.74, 6) is 1.64. The predicted octanol–water partition coefficient (Wildman–Crippen LogP) is 3.58. The number of hydrogen-bond donors (Lipinski definition) is 2. The van der Waals surface area contributed by atoms with Gasteiger partial charge in [-0.1, -0.05) is 26.7 Å². The van der Waals surface area contributed by atoms with E-state index in [0.29, 0.717) is 16.9 Å². The first-order valence-corrected chi connectivity index (χ1v) is 8.99. The Kier molecular flexibility index (Phi) is 2.91. The fourth-order valence-corrected chi connectivity index (χ4v) is 7.12. The predicted molar refractivity (Wildman–Crippen MR) is 87.2 cm³/mol. The van der Waals surface area contributed by atoms with E-state index in [1.165, 1.54) is 64.2 Å². The first-order chi connectivity index (χ1) is 9.88. The van der Waals surface area contributed by atoms with Crippen LogP contribution in [0.3, 0.4) is 0 Å². The molecular formula is C18H31N3. The smallest absolute Gasteiger partial charge is 0.189 e. The van der Waals surface area contributed by atoms with Crippen molar-refractivity contribution in [1.29, 1.82) is 0 Å². The average molecular weight is 289 g/mol. The maximum Gasteiger partial charge on any atom is 0.189 e. The lowest BCUT2D eigenvalue weighted by atomic mass is 9.43. The van der Waals surface area contributed by atoms with E-state index in [4.69, 9.17) is 10.7 Å². The topological polar surface area (TPSA) is 50.4 Å². The molecule has 2 unspecified atom stereocenters. The fourth-order valence-electron chi connectivity index (χ4n) is 7.12. The Labute approximate surface area is 129 Å². The highest BCUT2D eigenvalue weighted by molar-refractivity contribution is 5.79. The molecule has 5 fully saturated rings. The molecule has 0 aromatic carbocycles. The number of rotatable bonds is 2. The second-order valence-corrected chi connectivity index (χ2v) is 9.49. The molecule has 5 rings (SSSR count). The van der Waals surface area contributed by atoms with E-state index in [1.807, 2.05) is 0 Å². The highest BCUT2D eigenvalue weighted by Crippen LogP contribution is 2.66. The van der Waals surface area contributed by atoms with Crippen LogP contribution in [0.1, 0.15) is 78.1 Å². The quantitative estimate of drug-likeness (QED) is 0.603. The van der Waals surface area contributed by atoms with Gasteiger partial charge in [0.1, 0.15) is 0 Å². The molecular weight excluding hydrogens is 258 g/mol. The van der Waals surface area contributed by atoms with Gasteiger partial charge >= 0.3 is 0 Å². The van der Waals surface area contributed by atoms with Gasteiger partial charge in [0.25, 0.3) is 0 Å². The fraction of sp³-hybridized carbons (Fsp3) is 0.944. The van der Waals surface area contributed by atoms with Crippen molar-refractivity contribution in [2.75, 3.05) is 0 Å². The number of nitrogens with one attached hydrogen (secondary N) is 1. The minimum Gasteiger partial charge on any atom is -0.370 e. The number of hydrogen-bond acceptors (Lipinski definition) is 1. The summed E-state index contributed by atoms with van der Waals surface area (Å²) in [6.07, 6.45) is 13.3. The first kappa shape index (κ1) is 13.9. The molecule has 3 heteroatoms. The van der Waals surface area contributed by atoms with Crippen LogP contribution < -0.4 is 11.1 Å². The number of aliphatic imine (C=N–C) groups is 1. The molecule has 21 heavy (non-hydrogen) atoms. The normalized spacial score (nSPS) is 49.8.